The smallest absolute Gasteiger partial charge is 0.183 e. The monoisotopic (exact) mass is 411 g/mol. The first kappa shape index (κ1) is 18.4. The molecule has 0 bridgehead atoms. The maximum absolute atomic E-state index is 6.34. The standard InChI is InChI=1S/C20H15Cl2N5O/c21-17-8-3-7-16(19(17)22)20-24-25-26-27(20)12-15-6-1-2-9-18(15)28-13-14-5-4-10-23-11-14/h1-11H,12-13H2. The lowest BCUT2D eigenvalue weighted by Crippen LogP contribution is -2.07. The SMILES string of the molecule is Clc1cccc(-c2nnnn2Cc2ccccc2OCc2cccnc2)c1Cl. The highest BCUT2D eigenvalue weighted by molar-refractivity contribution is 6.43. The summed E-state index contributed by atoms with van der Waals surface area (Å²) < 4.78 is 7.66. The number of aromatic nitrogens is 5. The van der Waals surface area contributed by atoms with Crippen molar-refractivity contribution < 1.29 is 4.74 Å². The number of tetrazole rings is 1. The number of ether oxygens (including phenoxy) is 1. The van der Waals surface area contributed by atoms with Gasteiger partial charge >= 0.3 is 0 Å². The number of pyridine rings is 1. The van der Waals surface area contributed by atoms with Crippen molar-refractivity contribution in [2.24, 2.45) is 0 Å². The molecule has 8 heteroatoms. The third kappa shape index (κ3) is 3.98. The molecule has 140 valence electrons. The van der Waals surface area contributed by atoms with Gasteiger partial charge in [0.1, 0.15) is 12.4 Å². The molecule has 2 aromatic heterocycles. The normalized spacial score (nSPS) is 10.8. The molecule has 4 rings (SSSR count). The number of benzene rings is 2. The molecule has 0 atom stereocenters. The first-order valence-corrected chi connectivity index (χ1v) is 9.28. The van der Waals surface area contributed by atoms with Crippen LogP contribution in [0.5, 0.6) is 5.75 Å². The van der Waals surface area contributed by atoms with Crippen LogP contribution in [0.2, 0.25) is 10.0 Å². The predicted molar refractivity (Wildman–Crippen MR) is 107 cm³/mol. The Labute approximate surface area is 171 Å². The van der Waals surface area contributed by atoms with Gasteiger partial charge in [-0.1, -0.05) is 53.5 Å². The van der Waals surface area contributed by atoms with Crippen LogP contribution in [0.3, 0.4) is 0 Å². The minimum atomic E-state index is 0.418. The van der Waals surface area contributed by atoms with Gasteiger partial charge in [0.15, 0.2) is 5.82 Å². The Morgan fingerprint density at radius 3 is 2.71 bits per heavy atom. The summed E-state index contributed by atoms with van der Waals surface area (Å²) in [6.07, 6.45) is 3.51. The Hall–Kier alpha value is -2.96. The number of nitrogens with zero attached hydrogens (tertiary/aromatic N) is 5. The van der Waals surface area contributed by atoms with E-state index in [-0.39, 0.29) is 0 Å². The van der Waals surface area contributed by atoms with Crippen molar-refractivity contribution in [2.45, 2.75) is 13.2 Å². The van der Waals surface area contributed by atoms with Gasteiger partial charge in [-0.15, -0.1) is 5.10 Å². The van der Waals surface area contributed by atoms with Crippen LogP contribution < -0.4 is 4.74 Å². The van der Waals surface area contributed by atoms with E-state index in [1.165, 1.54) is 0 Å². The summed E-state index contributed by atoms with van der Waals surface area (Å²) in [4.78, 5) is 4.11. The highest BCUT2D eigenvalue weighted by atomic mass is 35.5. The Morgan fingerprint density at radius 2 is 1.86 bits per heavy atom. The lowest BCUT2D eigenvalue weighted by atomic mass is 10.2. The molecule has 0 radical (unpaired) electrons. The molecule has 0 aliphatic carbocycles. The first-order chi connectivity index (χ1) is 13.7. The van der Waals surface area contributed by atoms with E-state index in [9.17, 15) is 0 Å². The Morgan fingerprint density at radius 1 is 0.964 bits per heavy atom. The van der Waals surface area contributed by atoms with E-state index < -0.39 is 0 Å². The van der Waals surface area contributed by atoms with E-state index >= 15 is 0 Å². The van der Waals surface area contributed by atoms with Gasteiger partial charge in [0.05, 0.1) is 16.6 Å². The van der Waals surface area contributed by atoms with Gasteiger partial charge in [-0.05, 0) is 34.7 Å². The van der Waals surface area contributed by atoms with Crippen molar-refractivity contribution in [1.29, 1.82) is 0 Å². The van der Waals surface area contributed by atoms with Gasteiger partial charge in [0.2, 0.25) is 0 Å². The summed E-state index contributed by atoms with van der Waals surface area (Å²) in [6.45, 7) is 0.849. The molecule has 0 unspecified atom stereocenters. The second-order valence-corrected chi connectivity index (χ2v) is 6.80. The maximum Gasteiger partial charge on any atom is 0.183 e. The molecule has 6 nitrogen and oxygen atoms in total. The van der Waals surface area contributed by atoms with Crippen LogP contribution in [0, 0.1) is 0 Å². The molecule has 0 N–H and O–H groups in total. The van der Waals surface area contributed by atoms with Crippen LogP contribution in [0.1, 0.15) is 11.1 Å². The highest BCUT2D eigenvalue weighted by Gasteiger charge is 2.16. The highest BCUT2D eigenvalue weighted by Crippen LogP contribution is 2.32. The minimum Gasteiger partial charge on any atom is -0.488 e. The third-order valence-corrected chi connectivity index (χ3v) is 4.95. The van der Waals surface area contributed by atoms with Gasteiger partial charge < -0.3 is 4.74 Å². The Kier molecular flexibility index (Phi) is 5.50. The van der Waals surface area contributed by atoms with Crippen LogP contribution in [-0.4, -0.2) is 25.2 Å². The van der Waals surface area contributed by atoms with E-state index in [0.29, 0.717) is 34.6 Å². The zero-order chi connectivity index (χ0) is 19.3. The maximum atomic E-state index is 6.34. The lowest BCUT2D eigenvalue weighted by molar-refractivity contribution is 0.301. The van der Waals surface area contributed by atoms with Crippen molar-refractivity contribution in [2.75, 3.05) is 0 Å². The summed E-state index contributed by atoms with van der Waals surface area (Å²) >= 11 is 12.5. The quantitative estimate of drug-likeness (QED) is 0.461. The molecule has 0 spiro atoms. The molecule has 2 heterocycles. The molecule has 0 aliphatic rings. The van der Waals surface area contributed by atoms with Crippen molar-refractivity contribution >= 4 is 23.2 Å². The average Bonchev–Trinajstić information content (AvgIpc) is 3.18. The van der Waals surface area contributed by atoms with Crippen LogP contribution in [0.15, 0.2) is 67.0 Å². The van der Waals surface area contributed by atoms with E-state index in [2.05, 4.69) is 20.5 Å². The van der Waals surface area contributed by atoms with E-state index in [4.69, 9.17) is 27.9 Å². The second-order valence-electron chi connectivity index (χ2n) is 6.02. The fraction of sp³-hybridized carbons (Fsp3) is 0.100. The molecule has 0 fully saturated rings. The van der Waals surface area contributed by atoms with Crippen molar-refractivity contribution in [3.8, 4) is 17.1 Å². The topological polar surface area (TPSA) is 65.7 Å². The summed E-state index contributed by atoms with van der Waals surface area (Å²) in [5, 5.41) is 12.9. The third-order valence-electron chi connectivity index (χ3n) is 4.13. The summed E-state index contributed by atoms with van der Waals surface area (Å²) in [5.41, 5.74) is 2.61. The van der Waals surface area contributed by atoms with Crippen LogP contribution in [0.25, 0.3) is 11.4 Å². The van der Waals surface area contributed by atoms with Crippen LogP contribution >= 0.6 is 23.2 Å². The zero-order valence-electron chi connectivity index (χ0n) is 14.7. The Bertz CT molecular complexity index is 1080. The minimum absolute atomic E-state index is 0.418. The molecule has 0 saturated heterocycles. The second kappa shape index (κ2) is 8.37. The van der Waals surface area contributed by atoms with Crippen molar-refractivity contribution in [3.05, 3.63) is 88.2 Å². The van der Waals surface area contributed by atoms with Crippen molar-refractivity contribution in [3.63, 3.8) is 0 Å². The molecule has 2 aromatic carbocycles. The summed E-state index contributed by atoms with van der Waals surface area (Å²) in [5.74, 6) is 1.29. The predicted octanol–water partition coefficient (Wildman–Crippen LogP) is 4.67. The average molecular weight is 412 g/mol. The molecular weight excluding hydrogens is 397 g/mol. The zero-order valence-corrected chi connectivity index (χ0v) is 16.2. The number of halogens is 2. The lowest BCUT2D eigenvalue weighted by Gasteiger charge is -2.12. The largest absolute Gasteiger partial charge is 0.488 e. The molecule has 0 saturated carbocycles. The van der Waals surface area contributed by atoms with Gasteiger partial charge in [-0.25, -0.2) is 4.68 Å². The molecule has 0 amide bonds. The first-order valence-electron chi connectivity index (χ1n) is 8.52. The van der Waals surface area contributed by atoms with Crippen molar-refractivity contribution in [1.82, 2.24) is 25.2 Å². The summed E-state index contributed by atoms with van der Waals surface area (Å²) in [7, 11) is 0. The number of hydrogen-bond donors (Lipinski definition) is 0. The van der Waals surface area contributed by atoms with E-state index in [1.54, 1.807) is 23.1 Å². The van der Waals surface area contributed by atoms with Crippen LogP contribution in [0.4, 0.5) is 0 Å². The number of para-hydroxylation sites is 1. The van der Waals surface area contributed by atoms with Crippen LogP contribution in [-0.2, 0) is 13.2 Å². The Balaban J connectivity index is 1.59. The van der Waals surface area contributed by atoms with Gasteiger partial charge in [-0.2, -0.15) is 0 Å². The number of rotatable bonds is 6. The summed E-state index contributed by atoms with van der Waals surface area (Å²) in [6, 6.07) is 17.0. The number of hydrogen-bond acceptors (Lipinski definition) is 5. The van der Waals surface area contributed by atoms with E-state index in [0.717, 1.165) is 16.9 Å². The fourth-order valence-electron chi connectivity index (χ4n) is 2.76. The van der Waals surface area contributed by atoms with Gasteiger partial charge in [-0.3, -0.25) is 4.98 Å². The van der Waals surface area contributed by atoms with E-state index in [1.807, 2.05) is 48.5 Å². The molecule has 28 heavy (non-hydrogen) atoms. The molecular formula is C20H15Cl2N5O. The van der Waals surface area contributed by atoms with Gasteiger partial charge in [0.25, 0.3) is 0 Å². The van der Waals surface area contributed by atoms with Gasteiger partial charge in [0, 0.05) is 29.1 Å². The fourth-order valence-corrected chi connectivity index (χ4v) is 3.15. The molecule has 0 aliphatic heterocycles. The molecule has 4 aromatic rings.